The van der Waals surface area contributed by atoms with Gasteiger partial charge in [-0.2, -0.15) is 0 Å². The average molecular weight is 225 g/mol. The maximum atomic E-state index is 6.24. The number of nitrogens with two attached hydrogens (primary N) is 1. The molecule has 4 heteroatoms. The van der Waals surface area contributed by atoms with E-state index in [1.54, 1.807) is 11.3 Å². The maximum Gasteiger partial charge on any atom is 0.0937 e. The van der Waals surface area contributed by atoms with Crippen molar-refractivity contribution in [3.8, 4) is 0 Å². The average Bonchev–Trinajstić information content (AvgIpc) is 2.84. The molecule has 0 spiro atoms. The van der Waals surface area contributed by atoms with Gasteiger partial charge in [-0.1, -0.05) is 12.8 Å². The van der Waals surface area contributed by atoms with Gasteiger partial charge >= 0.3 is 0 Å². The fourth-order valence-electron chi connectivity index (χ4n) is 2.16. The molecule has 0 saturated heterocycles. The number of thiazole rings is 1. The van der Waals surface area contributed by atoms with Crippen LogP contribution in [0, 0.1) is 0 Å². The number of hydrogen-bond donors (Lipinski definition) is 2. The van der Waals surface area contributed by atoms with Crippen molar-refractivity contribution in [2.75, 3.05) is 13.1 Å². The van der Waals surface area contributed by atoms with Crippen LogP contribution < -0.4 is 11.1 Å². The van der Waals surface area contributed by atoms with Gasteiger partial charge in [-0.05, 0) is 12.8 Å². The molecule has 3 nitrogen and oxygen atoms in total. The van der Waals surface area contributed by atoms with E-state index in [4.69, 9.17) is 5.73 Å². The molecule has 1 aromatic heterocycles. The Bertz CT molecular complexity index is 278. The fourth-order valence-corrected chi connectivity index (χ4v) is 2.79. The molecule has 0 amide bonds. The summed E-state index contributed by atoms with van der Waals surface area (Å²) in [6, 6.07) is 0. The molecular weight excluding hydrogens is 206 g/mol. The summed E-state index contributed by atoms with van der Waals surface area (Å²) < 4.78 is 0. The summed E-state index contributed by atoms with van der Waals surface area (Å²) in [6.45, 7) is 1.95. The molecule has 0 unspecified atom stereocenters. The van der Waals surface area contributed by atoms with Gasteiger partial charge in [0.1, 0.15) is 0 Å². The Hall–Kier alpha value is -0.450. The lowest BCUT2D eigenvalue weighted by Crippen LogP contribution is -2.46. The summed E-state index contributed by atoms with van der Waals surface area (Å²) in [6.07, 6.45) is 7.83. The highest BCUT2D eigenvalue weighted by Gasteiger charge is 2.28. The molecule has 3 N–H and O–H groups in total. The van der Waals surface area contributed by atoms with E-state index in [-0.39, 0.29) is 5.54 Å². The van der Waals surface area contributed by atoms with Crippen molar-refractivity contribution < 1.29 is 0 Å². The van der Waals surface area contributed by atoms with Crippen LogP contribution in [0.4, 0.5) is 0 Å². The summed E-state index contributed by atoms with van der Waals surface area (Å²) in [5.74, 6) is 0. The first-order chi connectivity index (χ1) is 7.29. The van der Waals surface area contributed by atoms with E-state index in [2.05, 4.69) is 10.3 Å². The Morgan fingerprint density at radius 3 is 2.93 bits per heavy atom. The highest BCUT2D eigenvalue weighted by molar-refractivity contribution is 7.09. The summed E-state index contributed by atoms with van der Waals surface area (Å²) >= 11 is 1.72. The summed E-state index contributed by atoms with van der Waals surface area (Å²) in [5.41, 5.74) is 6.32. The topological polar surface area (TPSA) is 50.9 Å². The quantitative estimate of drug-likeness (QED) is 0.748. The predicted molar refractivity (Wildman–Crippen MR) is 64.1 cm³/mol. The van der Waals surface area contributed by atoms with E-state index in [1.807, 2.05) is 11.6 Å². The van der Waals surface area contributed by atoms with E-state index in [0.717, 1.165) is 19.5 Å². The van der Waals surface area contributed by atoms with E-state index in [0.29, 0.717) is 0 Å². The number of rotatable bonds is 5. The molecule has 1 saturated carbocycles. The minimum atomic E-state index is 0.0723. The number of hydrogen-bond acceptors (Lipinski definition) is 4. The first-order valence-corrected chi connectivity index (χ1v) is 6.54. The lowest BCUT2D eigenvalue weighted by molar-refractivity contribution is 0.406. The normalized spacial score (nSPS) is 19.5. The molecule has 1 aliphatic carbocycles. The second-order valence-corrected chi connectivity index (χ2v) is 5.40. The molecule has 0 aromatic carbocycles. The van der Waals surface area contributed by atoms with Gasteiger partial charge < -0.3 is 11.1 Å². The Kier molecular flexibility index (Phi) is 3.72. The summed E-state index contributed by atoms with van der Waals surface area (Å²) in [7, 11) is 0. The van der Waals surface area contributed by atoms with Gasteiger partial charge in [-0.15, -0.1) is 11.3 Å². The molecule has 0 bridgehead atoms. The molecule has 15 heavy (non-hydrogen) atoms. The molecular formula is C11H19N3S. The lowest BCUT2D eigenvalue weighted by Gasteiger charge is -2.23. The smallest absolute Gasteiger partial charge is 0.0937 e. The summed E-state index contributed by atoms with van der Waals surface area (Å²) in [4.78, 5) is 4.25. The van der Waals surface area contributed by atoms with Crippen molar-refractivity contribution in [3.63, 3.8) is 0 Å². The van der Waals surface area contributed by atoms with E-state index in [1.165, 1.54) is 30.7 Å². The van der Waals surface area contributed by atoms with Crippen molar-refractivity contribution >= 4 is 11.3 Å². The van der Waals surface area contributed by atoms with Crippen molar-refractivity contribution in [2.24, 2.45) is 5.73 Å². The first-order valence-electron chi connectivity index (χ1n) is 5.66. The molecule has 0 aliphatic heterocycles. The molecule has 1 aliphatic rings. The molecule has 2 rings (SSSR count). The van der Waals surface area contributed by atoms with Crippen LogP contribution >= 0.6 is 11.3 Å². The van der Waals surface area contributed by atoms with Crippen LogP contribution in [-0.4, -0.2) is 23.6 Å². The molecule has 1 heterocycles. The Morgan fingerprint density at radius 1 is 1.47 bits per heavy atom. The molecule has 0 atom stereocenters. The monoisotopic (exact) mass is 225 g/mol. The largest absolute Gasteiger partial charge is 0.324 e. The minimum absolute atomic E-state index is 0.0723. The van der Waals surface area contributed by atoms with Gasteiger partial charge in [0.2, 0.25) is 0 Å². The zero-order chi connectivity index (χ0) is 10.6. The van der Waals surface area contributed by atoms with Crippen LogP contribution in [0.1, 0.15) is 30.7 Å². The third-order valence-corrected chi connectivity index (χ3v) is 3.91. The Labute approximate surface area is 95.1 Å². The van der Waals surface area contributed by atoms with Gasteiger partial charge in [0.25, 0.3) is 0 Å². The van der Waals surface area contributed by atoms with Crippen LogP contribution in [0.25, 0.3) is 0 Å². The van der Waals surface area contributed by atoms with Crippen molar-refractivity contribution in [1.29, 1.82) is 0 Å². The van der Waals surface area contributed by atoms with Crippen LogP contribution in [0.2, 0.25) is 0 Å². The third-order valence-electron chi connectivity index (χ3n) is 3.08. The Balaban J connectivity index is 1.62. The molecule has 84 valence electrons. The zero-order valence-electron chi connectivity index (χ0n) is 9.04. The van der Waals surface area contributed by atoms with Gasteiger partial charge in [0, 0.05) is 36.6 Å². The third kappa shape index (κ3) is 3.26. The van der Waals surface area contributed by atoms with Gasteiger partial charge in [-0.3, -0.25) is 0 Å². The van der Waals surface area contributed by atoms with Crippen LogP contribution in [0.5, 0.6) is 0 Å². The molecule has 1 fully saturated rings. The zero-order valence-corrected chi connectivity index (χ0v) is 9.85. The van der Waals surface area contributed by atoms with E-state index in [9.17, 15) is 0 Å². The van der Waals surface area contributed by atoms with Crippen LogP contribution in [0.3, 0.4) is 0 Å². The van der Waals surface area contributed by atoms with Crippen molar-refractivity contribution in [2.45, 2.75) is 37.6 Å². The Morgan fingerprint density at radius 2 is 2.27 bits per heavy atom. The minimum Gasteiger partial charge on any atom is -0.324 e. The molecule has 1 aromatic rings. The lowest BCUT2D eigenvalue weighted by atomic mass is 9.99. The van der Waals surface area contributed by atoms with Crippen molar-refractivity contribution in [3.05, 3.63) is 16.6 Å². The number of aromatic nitrogens is 1. The van der Waals surface area contributed by atoms with Gasteiger partial charge in [0.15, 0.2) is 0 Å². The van der Waals surface area contributed by atoms with Gasteiger partial charge in [-0.25, -0.2) is 4.98 Å². The maximum absolute atomic E-state index is 6.24. The predicted octanol–water partition coefficient (Wildman–Crippen LogP) is 1.55. The standard InChI is InChI=1S/C11H19N3S/c12-11(4-1-2-5-11)9-13-6-3-10-14-7-8-15-10/h7-8,13H,1-6,9,12H2. The number of nitrogens with zero attached hydrogens (tertiary/aromatic N) is 1. The fraction of sp³-hybridized carbons (Fsp3) is 0.727. The highest BCUT2D eigenvalue weighted by atomic mass is 32.1. The van der Waals surface area contributed by atoms with E-state index >= 15 is 0 Å². The summed E-state index contributed by atoms with van der Waals surface area (Å²) in [5, 5.41) is 6.68. The second-order valence-electron chi connectivity index (χ2n) is 4.42. The first kappa shape index (κ1) is 11.0. The van der Waals surface area contributed by atoms with Crippen molar-refractivity contribution in [1.82, 2.24) is 10.3 Å². The molecule has 0 radical (unpaired) electrons. The van der Waals surface area contributed by atoms with E-state index < -0.39 is 0 Å². The van der Waals surface area contributed by atoms with Crippen LogP contribution in [-0.2, 0) is 6.42 Å². The van der Waals surface area contributed by atoms with Gasteiger partial charge in [0.05, 0.1) is 5.01 Å². The van der Waals surface area contributed by atoms with Crippen LogP contribution in [0.15, 0.2) is 11.6 Å². The highest BCUT2D eigenvalue weighted by Crippen LogP contribution is 2.26. The second kappa shape index (κ2) is 5.05. The number of nitrogens with one attached hydrogen (secondary N) is 1. The SMILES string of the molecule is NC1(CNCCc2nccs2)CCCC1.